The molecule has 0 aliphatic rings. The van der Waals surface area contributed by atoms with E-state index >= 15 is 0 Å². The number of anilines is 1. The van der Waals surface area contributed by atoms with Crippen molar-refractivity contribution >= 4 is 50.8 Å². The number of para-hydroxylation sites is 1. The Morgan fingerprint density at radius 3 is 2.59 bits per heavy atom. The lowest BCUT2D eigenvalue weighted by atomic mass is 10.1. The number of rotatable bonds is 7. The predicted molar refractivity (Wildman–Crippen MR) is 139 cm³/mol. The summed E-state index contributed by atoms with van der Waals surface area (Å²) >= 11 is 3.10. The highest BCUT2D eigenvalue weighted by Crippen LogP contribution is 2.38. The third kappa shape index (κ3) is 4.98. The highest BCUT2D eigenvalue weighted by Gasteiger charge is 2.21. The fraction of sp³-hybridized carbons (Fsp3) is 0.231. The van der Waals surface area contributed by atoms with Gasteiger partial charge in [-0.1, -0.05) is 49.0 Å². The van der Waals surface area contributed by atoms with Crippen LogP contribution in [0.15, 0.2) is 64.8 Å². The number of carbonyl (C=O) groups is 2. The van der Waals surface area contributed by atoms with Crippen molar-refractivity contribution in [1.29, 1.82) is 0 Å². The van der Waals surface area contributed by atoms with Crippen LogP contribution in [0.3, 0.4) is 0 Å². The van der Waals surface area contributed by atoms with Gasteiger partial charge in [-0.25, -0.2) is 9.97 Å². The smallest absolute Gasteiger partial charge is 0.255 e. The first kappa shape index (κ1) is 23.9. The second-order valence-corrected chi connectivity index (χ2v) is 10.2. The standard InChI is InChI=1S/C26H26N4O2S2/c1-5-18-10-6-8-12-20(18)29-22(31)14-30(4)26(32)19-11-7-9-13-21(19)34-25-23-16(2)17(3)33-24(23)27-15-28-25/h6-13,15H,5,14H2,1-4H3,(H,29,31). The SMILES string of the molecule is CCc1ccccc1NC(=O)CN(C)C(=O)c1ccccc1Sc1ncnc2sc(C)c(C)c12. The number of fused-ring (bicyclic) bond motifs is 1. The number of benzene rings is 2. The van der Waals surface area contributed by atoms with Gasteiger partial charge < -0.3 is 10.2 Å². The highest BCUT2D eigenvalue weighted by atomic mass is 32.2. The summed E-state index contributed by atoms with van der Waals surface area (Å²) in [7, 11) is 1.64. The Balaban J connectivity index is 1.53. The van der Waals surface area contributed by atoms with E-state index in [0.29, 0.717) is 5.56 Å². The molecule has 0 radical (unpaired) electrons. The molecular weight excluding hydrogens is 464 g/mol. The van der Waals surface area contributed by atoms with Crippen LogP contribution in [0, 0.1) is 13.8 Å². The van der Waals surface area contributed by atoms with E-state index in [1.165, 1.54) is 21.5 Å². The molecule has 0 saturated carbocycles. The summed E-state index contributed by atoms with van der Waals surface area (Å²) in [6, 6.07) is 15.1. The molecule has 2 amide bonds. The Kier molecular flexibility index (Phi) is 7.29. The third-order valence-corrected chi connectivity index (χ3v) is 7.85. The number of likely N-dealkylation sites (N-methyl/N-ethyl adjacent to an activating group) is 1. The maximum atomic E-state index is 13.3. The molecule has 0 fully saturated rings. The van der Waals surface area contributed by atoms with Gasteiger partial charge in [-0.2, -0.15) is 0 Å². The van der Waals surface area contributed by atoms with E-state index in [1.807, 2.05) is 49.4 Å². The maximum Gasteiger partial charge on any atom is 0.255 e. The number of hydrogen-bond donors (Lipinski definition) is 1. The molecule has 34 heavy (non-hydrogen) atoms. The van der Waals surface area contributed by atoms with Crippen LogP contribution in [-0.2, 0) is 11.2 Å². The monoisotopic (exact) mass is 490 g/mol. The van der Waals surface area contributed by atoms with Crippen molar-refractivity contribution in [3.63, 3.8) is 0 Å². The van der Waals surface area contributed by atoms with Gasteiger partial charge in [0.1, 0.15) is 16.2 Å². The Hall–Kier alpha value is -3.23. The van der Waals surface area contributed by atoms with Gasteiger partial charge in [0.2, 0.25) is 5.91 Å². The van der Waals surface area contributed by atoms with E-state index in [0.717, 1.165) is 43.4 Å². The molecular formula is C26H26N4O2S2. The zero-order chi connectivity index (χ0) is 24.2. The van der Waals surface area contributed by atoms with Gasteiger partial charge in [0.05, 0.1) is 12.1 Å². The van der Waals surface area contributed by atoms with Crippen molar-refractivity contribution in [3.8, 4) is 0 Å². The second kappa shape index (κ2) is 10.4. The summed E-state index contributed by atoms with van der Waals surface area (Å²) in [6.45, 7) is 6.14. The number of amides is 2. The maximum absolute atomic E-state index is 13.3. The van der Waals surface area contributed by atoms with Crippen LogP contribution in [-0.4, -0.2) is 40.3 Å². The molecule has 174 valence electrons. The first-order valence-electron chi connectivity index (χ1n) is 11.0. The molecule has 0 aliphatic heterocycles. The lowest BCUT2D eigenvalue weighted by molar-refractivity contribution is -0.116. The van der Waals surface area contributed by atoms with Gasteiger partial charge in [0, 0.05) is 27.9 Å². The molecule has 0 unspecified atom stereocenters. The minimum absolute atomic E-state index is 0.0452. The van der Waals surface area contributed by atoms with Crippen LogP contribution >= 0.6 is 23.1 Å². The Labute approximate surface area is 207 Å². The van der Waals surface area contributed by atoms with Gasteiger partial charge in [-0.15, -0.1) is 11.3 Å². The van der Waals surface area contributed by atoms with Gasteiger partial charge in [0.15, 0.2) is 0 Å². The number of thiophene rings is 1. The van der Waals surface area contributed by atoms with Crippen LogP contribution in [0.4, 0.5) is 5.69 Å². The molecule has 2 aromatic carbocycles. The van der Waals surface area contributed by atoms with Crippen molar-refractivity contribution in [2.45, 2.75) is 37.1 Å². The first-order valence-corrected chi connectivity index (χ1v) is 12.6. The average Bonchev–Trinajstić information content (AvgIpc) is 3.13. The van der Waals surface area contributed by atoms with Crippen molar-refractivity contribution in [2.24, 2.45) is 0 Å². The van der Waals surface area contributed by atoms with E-state index in [9.17, 15) is 9.59 Å². The summed E-state index contributed by atoms with van der Waals surface area (Å²) in [4.78, 5) is 39.3. The fourth-order valence-electron chi connectivity index (χ4n) is 3.70. The number of aromatic nitrogens is 2. The van der Waals surface area contributed by atoms with Crippen LogP contribution in [0.2, 0.25) is 0 Å². The molecule has 0 saturated heterocycles. The number of aryl methyl sites for hydroxylation is 3. The molecule has 1 N–H and O–H groups in total. The van der Waals surface area contributed by atoms with Crippen molar-refractivity contribution < 1.29 is 9.59 Å². The van der Waals surface area contributed by atoms with Crippen LogP contribution in [0.1, 0.15) is 33.3 Å². The quantitative estimate of drug-likeness (QED) is 0.335. The highest BCUT2D eigenvalue weighted by molar-refractivity contribution is 7.99. The van der Waals surface area contributed by atoms with Crippen molar-refractivity contribution in [2.75, 3.05) is 18.9 Å². The van der Waals surface area contributed by atoms with E-state index in [2.05, 4.69) is 29.1 Å². The van der Waals surface area contributed by atoms with E-state index < -0.39 is 0 Å². The molecule has 8 heteroatoms. The zero-order valence-electron chi connectivity index (χ0n) is 19.6. The Morgan fingerprint density at radius 1 is 1.06 bits per heavy atom. The van der Waals surface area contributed by atoms with E-state index in [1.54, 1.807) is 30.8 Å². The van der Waals surface area contributed by atoms with Crippen LogP contribution in [0.25, 0.3) is 10.2 Å². The molecule has 2 heterocycles. The summed E-state index contributed by atoms with van der Waals surface area (Å²) in [6.07, 6.45) is 2.38. The summed E-state index contributed by atoms with van der Waals surface area (Å²) in [5.74, 6) is -0.450. The van der Waals surface area contributed by atoms with Gasteiger partial charge in [-0.3, -0.25) is 9.59 Å². The number of carbonyl (C=O) groups excluding carboxylic acids is 2. The number of nitrogens with zero attached hydrogens (tertiary/aromatic N) is 3. The Morgan fingerprint density at radius 2 is 1.79 bits per heavy atom. The average molecular weight is 491 g/mol. The summed E-state index contributed by atoms with van der Waals surface area (Å²) in [5.41, 5.74) is 3.53. The van der Waals surface area contributed by atoms with E-state index in [4.69, 9.17) is 0 Å². The fourth-order valence-corrected chi connectivity index (χ4v) is 5.83. The zero-order valence-corrected chi connectivity index (χ0v) is 21.2. The molecule has 6 nitrogen and oxygen atoms in total. The predicted octanol–water partition coefficient (Wildman–Crippen LogP) is 5.73. The minimum atomic E-state index is -0.233. The summed E-state index contributed by atoms with van der Waals surface area (Å²) < 4.78 is 0. The normalized spacial score (nSPS) is 10.9. The lowest BCUT2D eigenvalue weighted by Gasteiger charge is -2.19. The molecule has 4 aromatic rings. The third-order valence-electron chi connectivity index (χ3n) is 5.65. The molecule has 2 aromatic heterocycles. The van der Waals surface area contributed by atoms with Crippen LogP contribution < -0.4 is 5.32 Å². The molecule has 0 spiro atoms. The second-order valence-electron chi connectivity index (χ2n) is 7.96. The number of hydrogen-bond acceptors (Lipinski definition) is 6. The van der Waals surface area contributed by atoms with Crippen LogP contribution in [0.5, 0.6) is 0 Å². The topological polar surface area (TPSA) is 75.2 Å². The number of nitrogens with one attached hydrogen (secondary N) is 1. The van der Waals surface area contributed by atoms with Gasteiger partial charge in [-0.05, 0) is 49.6 Å². The Bertz CT molecular complexity index is 1370. The van der Waals surface area contributed by atoms with Crippen molar-refractivity contribution in [1.82, 2.24) is 14.9 Å². The van der Waals surface area contributed by atoms with Gasteiger partial charge in [0.25, 0.3) is 5.91 Å². The first-order chi connectivity index (χ1) is 16.4. The minimum Gasteiger partial charge on any atom is -0.332 e. The van der Waals surface area contributed by atoms with Crippen molar-refractivity contribution in [3.05, 3.63) is 76.4 Å². The van der Waals surface area contributed by atoms with Gasteiger partial charge >= 0.3 is 0 Å². The molecule has 0 atom stereocenters. The molecule has 0 bridgehead atoms. The lowest BCUT2D eigenvalue weighted by Crippen LogP contribution is -2.35. The summed E-state index contributed by atoms with van der Waals surface area (Å²) in [5, 5.41) is 4.78. The molecule has 4 rings (SSSR count). The van der Waals surface area contributed by atoms with E-state index in [-0.39, 0.29) is 18.4 Å². The largest absolute Gasteiger partial charge is 0.332 e. The molecule has 0 aliphatic carbocycles.